The van der Waals surface area contributed by atoms with E-state index in [2.05, 4.69) is 54.8 Å². The topological polar surface area (TPSA) is 7.12 Å². The van der Waals surface area contributed by atoms with E-state index in [1.165, 1.54) is 5.56 Å². The highest BCUT2D eigenvalue weighted by Gasteiger charge is 2.03. The number of halogens is 1. The number of likely N-dealkylation sites (N-methyl/N-ethyl adjacent to an activating group) is 1. The highest BCUT2D eigenvalue weighted by atomic mass is 35.5. The van der Waals surface area contributed by atoms with Gasteiger partial charge in [-0.05, 0) is 25.6 Å². The van der Waals surface area contributed by atoms with Crippen LogP contribution in [0.2, 0.25) is 0 Å². The van der Waals surface area contributed by atoms with E-state index in [4.69, 9.17) is 0 Å². The molecule has 0 aliphatic rings. The van der Waals surface area contributed by atoms with Crippen LogP contribution in [0.4, 0.5) is 0 Å². The lowest BCUT2D eigenvalue weighted by atomic mass is 10.3. The van der Waals surface area contributed by atoms with Crippen molar-refractivity contribution in [3.8, 4) is 0 Å². The number of hydrogen-bond acceptors (Lipinski definition) is 1. The minimum Gasteiger partial charge on any atom is -1.00 e. The molecule has 15 heavy (non-hydrogen) atoms. The van der Waals surface area contributed by atoms with Crippen LogP contribution in [-0.2, 0) is 6.54 Å². The van der Waals surface area contributed by atoms with E-state index in [9.17, 15) is 0 Å². The van der Waals surface area contributed by atoms with Gasteiger partial charge in [0.25, 0.3) is 0 Å². The number of rotatable bonds is 5. The maximum atomic E-state index is 2.44. The highest BCUT2D eigenvalue weighted by Crippen LogP contribution is 1.90. The quantitative estimate of drug-likeness (QED) is 0.565. The fourth-order valence-electron chi connectivity index (χ4n) is 1.48. The molecular weight excluding hydrogens is 208 g/mol. The number of aryl methyl sites for hydroxylation is 1. The molecule has 0 N–H and O–H groups in total. The molecule has 0 aliphatic carbocycles. The smallest absolute Gasteiger partial charge is 0.169 e. The van der Waals surface area contributed by atoms with Crippen molar-refractivity contribution in [3.05, 3.63) is 30.1 Å². The molecule has 0 saturated carbocycles. The average Bonchev–Trinajstić information content (AvgIpc) is 2.22. The van der Waals surface area contributed by atoms with Crippen LogP contribution >= 0.6 is 0 Å². The Morgan fingerprint density at radius 3 is 2.13 bits per heavy atom. The molecule has 0 atom stereocenters. The van der Waals surface area contributed by atoms with Gasteiger partial charge in [-0.25, -0.2) is 4.57 Å². The molecule has 0 aromatic carbocycles. The standard InChI is InChI=1S/C12H21N2.ClH/c1-4-13(5-2)10-11-14-8-6-12(3)7-9-14;/h6-9H,4-5,10-11H2,1-3H3;1H/q+1;/p-1. The normalized spacial score (nSPS) is 10.1. The number of pyridine rings is 1. The van der Waals surface area contributed by atoms with Gasteiger partial charge in [0, 0.05) is 12.1 Å². The first-order valence-electron chi connectivity index (χ1n) is 5.44. The SMILES string of the molecule is CCN(CC)CC[n+]1ccc(C)cc1.[Cl-]. The van der Waals surface area contributed by atoms with Crippen molar-refractivity contribution in [2.24, 2.45) is 0 Å². The molecule has 86 valence electrons. The molecule has 0 spiro atoms. The average molecular weight is 229 g/mol. The Kier molecular flexibility index (Phi) is 7.35. The summed E-state index contributed by atoms with van der Waals surface area (Å²) in [6.45, 7) is 11.1. The Morgan fingerprint density at radius 1 is 1.13 bits per heavy atom. The Bertz CT molecular complexity index is 255. The van der Waals surface area contributed by atoms with Gasteiger partial charge in [-0.1, -0.05) is 13.8 Å². The minimum atomic E-state index is 0. The van der Waals surface area contributed by atoms with Gasteiger partial charge >= 0.3 is 0 Å². The highest BCUT2D eigenvalue weighted by molar-refractivity contribution is 5.03. The van der Waals surface area contributed by atoms with Gasteiger partial charge in [0.05, 0.1) is 6.54 Å². The third kappa shape index (κ3) is 5.14. The summed E-state index contributed by atoms with van der Waals surface area (Å²) in [6.07, 6.45) is 4.30. The molecule has 0 radical (unpaired) electrons. The van der Waals surface area contributed by atoms with E-state index in [-0.39, 0.29) is 12.4 Å². The van der Waals surface area contributed by atoms with Crippen molar-refractivity contribution in [1.29, 1.82) is 0 Å². The monoisotopic (exact) mass is 228 g/mol. The zero-order valence-electron chi connectivity index (χ0n) is 9.91. The predicted molar refractivity (Wildman–Crippen MR) is 59.2 cm³/mol. The zero-order chi connectivity index (χ0) is 10.4. The Hall–Kier alpha value is -0.600. The maximum Gasteiger partial charge on any atom is 0.169 e. The van der Waals surface area contributed by atoms with Crippen molar-refractivity contribution in [2.45, 2.75) is 27.3 Å². The molecule has 0 amide bonds. The Balaban J connectivity index is 0.00000196. The summed E-state index contributed by atoms with van der Waals surface area (Å²) >= 11 is 0. The maximum absolute atomic E-state index is 2.44. The summed E-state index contributed by atoms with van der Waals surface area (Å²) in [5.41, 5.74) is 1.32. The van der Waals surface area contributed by atoms with Crippen LogP contribution in [-0.4, -0.2) is 24.5 Å². The molecule has 1 heterocycles. The van der Waals surface area contributed by atoms with E-state index >= 15 is 0 Å². The minimum absolute atomic E-state index is 0. The van der Waals surface area contributed by atoms with Crippen molar-refractivity contribution in [2.75, 3.05) is 19.6 Å². The fraction of sp³-hybridized carbons (Fsp3) is 0.583. The van der Waals surface area contributed by atoms with E-state index in [1.54, 1.807) is 0 Å². The third-order valence-corrected chi connectivity index (χ3v) is 2.63. The molecule has 3 heteroatoms. The van der Waals surface area contributed by atoms with Crippen LogP contribution in [0.5, 0.6) is 0 Å². The Labute approximate surface area is 99.3 Å². The van der Waals surface area contributed by atoms with Crippen molar-refractivity contribution < 1.29 is 17.0 Å². The third-order valence-electron chi connectivity index (χ3n) is 2.63. The molecule has 1 aromatic rings. The summed E-state index contributed by atoms with van der Waals surface area (Å²) in [7, 11) is 0. The number of aromatic nitrogens is 1. The summed E-state index contributed by atoms with van der Waals surface area (Å²) in [5.74, 6) is 0. The van der Waals surface area contributed by atoms with Crippen LogP contribution in [0.15, 0.2) is 24.5 Å². The van der Waals surface area contributed by atoms with Gasteiger partial charge in [0.1, 0.15) is 0 Å². The second-order valence-electron chi connectivity index (χ2n) is 3.64. The molecule has 0 aliphatic heterocycles. The van der Waals surface area contributed by atoms with Crippen LogP contribution in [0.3, 0.4) is 0 Å². The summed E-state index contributed by atoms with van der Waals surface area (Å²) in [6, 6.07) is 4.31. The summed E-state index contributed by atoms with van der Waals surface area (Å²) in [4.78, 5) is 2.44. The van der Waals surface area contributed by atoms with Crippen LogP contribution in [0.25, 0.3) is 0 Å². The Morgan fingerprint density at radius 2 is 1.67 bits per heavy atom. The van der Waals surface area contributed by atoms with Crippen LogP contribution < -0.4 is 17.0 Å². The molecule has 1 aromatic heterocycles. The van der Waals surface area contributed by atoms with Gasteiger partial charge in [-0.3, -0.25) is 4.90 Å². The second kappa shape index (κ2) is 7.66. The van der Waals surface area contributed by atoms with Crippen molar-refractivity contribution >= 4 is 0 Å². The van der Waals surface area contributed by atoms with Gasteiger partial charge in [0.2, 0.25) is 0 Å². The van der Waals surface area contributed by atoms with Crippen LogP contribution in [0, 0.1) is 6.92 Å². The van der Waals surface area contributed by atoms with Gasteiger partial charge in [-0.15, -0.1) is 0 Å². The predicted octanol–water partition coefficient (Wildman–Crippen LogP) is -1.37. The summed E-state index contributed by atoms with van der Waals surface area (Å²) in [5, 5.41) is 0. The number of nitrogens with zero attached hydrogens (tertiary/aromatic N) is 2. The molecule has 0 unspecified atom stereocenters. The first kappa shape index (κ1) is 14.4. The second-order valence-corrected chi connectivity index (χ2v) is 3.64. The van der Waals surface area contributed by atoms with Gasteiger partial charge < -0.3 is 12.4 Å². The summed E-state index contributed by atoms with van der Waals surface area (Å²) < 4.78 is 2.24. The molecule has 0 saturated heterocycles. The van der Waals surface area contributed by atoms with Crippen molar-refractivity contribution in [3.63, 3.8) is 0 Å². The van der Waals surface area contributed by atoms with Gasteiger partial charge in [0.15, 0.2) is 18.9 Å². The van der Waals surface area contributed by atoms with E-state index < -0.39 is 0 Å². The van der Waals surface area contributed by atoms with E-state index in [0.29, 0.717) is 0 Å². The number of hydrogen-bond donors (Lipinski definition) is 0. The first-order chi connectivity index (χ1) is 6.76. The van der Waals surface area contributed by atoms with Crippen molar-refractivity contribution in [1.82, 2.24) is 4.90 Å². The van der Waals surface area contributed by atoms with Gasteiger partial charge in [-0.2, -0.15) is 0 Å². The van der Waals surface area contributed by atoms with E-state index in [0.717, 1.165) is 26.2 Å². The van der Waals surface area contributed by atoms with E-state index in [1.807, 2.05) is 0 Å². The lowest BCUT2D eigenvalue weighted by Gasteiger charge is -2.15. The first-order valence-corrected chi connectivity index (χ1v) is 5.44. The zero-order valence-corrected chi connectivity index (χ0v) is 10.7. The fourth-order valence-corrected chi connectivity index (χ4v) is 1.48. The largest absolute Gasteiger partial charge is 1.00 e. The van der Waals surface area contributed by atoms with Crippen LogP contribution in [0.1, 0.15) is 19.4 Å². The molecule has 1 rings (SSSR count). The molecular formula is C12H21ClN2. The lowest BCUT2D eigenvalue weighted by Crippen LogP contribution is -3.00. The lowest BCUT2D eigenvalue weighted by molar-refractivity contribution is -0.696. The molecule has 2 nitrogen and oxygen atoms in total. The molecule has 0 fully saturated rings. The molecule has 0 bridgehead atoms.